The molecule has 0 spiro atoms. The molecule has 1 aliphatic carbocycles. The predicted molar refractivity (Wildman–Crippen MR) is 66.4 cm³/mol. The van der Waals surface area contributed by atoms with Crippen LogP contribution in [0.15, 0.2) is 0 Å². The highest BCUT2D eigenvalue weighted by molar-refractivity contribution is 4.84. The zero-order valence-corrected chi connectivity index (χ0v) is 10.5. The Kier molecular flexibility index (Phi) is 4.62. The van der Waals surface area contributed by atoms with Crippen molar-refractivity contribution >= 4 is 0 Å². The quantitative estimate of drug-likeness (QED) is 0.789. The van der Waals surface area contributed by atoms with Gasteiger partial charge >= 0.3 is 0 Å². The van der Waals surface area contributed by atoms with Gasteiger partial charge in [-0.15, -0.1) is 0 Å². The van der Waals surface area contributed by atoms with Gasteiger partial charge in [-0.1, -0.05) is 19.3 Å². The van der Waals surface area contributed by atoms with Crippen molar-refractivity contribution < 1.29 is 4.74 Å². The number of nitrogens with two attached hydrogens (primary N) is 1. The fourth-order valence-electron chi connectivity index (χ4n) is 3.44. The number of fused-ring (bicyclic) bond motifs is 1. The molecule has 94 valence electrons. The highest BCUT2D eigenvalue weighted by Crippen LogP contribution is 2.35. The highest BCUT2D eigenvalue weighted by Gasteiger charge is 2.31. The van der Waals surface area contributed by atoms with Crippen molar-refractivity contribution in [3.05, 3.63) is 0 Å². The number of rotatable bonds is 4. The van der Waals surface area contributed by atoms with E-state index in [-0.39, 0.29) is 6.04 Å². The lowest BCUT2D eigenvalue weighted by Gasteiger charge is -2.42. The maximum absolute atomic E-state index is 6.02. The van der Waals surface area contributed by atoms with Crippen LogP contribution in [0.5, 0.6) is 0 Å². The van der Waals surface area contributed by atoms with E-state index >= 15 is 0 Å². The molecular weight excluding hydrogens is 200 g/mol. The first kappa shape index (κ1) is 12.3. The first-order chi connectivity index (χ1) is 7.79. The van der Waals surface area contributed by atoms with E-state index in [1.54, 1.807) is 7.11 Å². The van der Waals surface area contributed by atoms with E-state index in [9.17, 15) is 0 Å². The largest absolute Gasteiger partial charge is 0.383 e. The zero-order chi connectivity index (χ0) is 11.4. The molecule has 1 saturated carbocycles. The molecule has 1 aliphatic heterocycles. The lowest BCUT2D eigenvalue weighted by molar-refractivity contribution is 0.0724. The van der Waals surface area contributed by atoms with Crippen LogP contribution in [-0.2, 0) is 4.74 Å². The van der Waals surface area contributed by atoms with E-state index in [0.717, 1.165) is 18.4 Å². The lowest BCUT2D eigenvalue weighted by atomic mass is 9.75. The first-order valence-electron chi connectivity index (χ1n) is 6.76. The maximum atomic E-state index is 6.02. The molecule has 0 aromatic carbocycles. The Balaban J connectivity index is 1.76. The molecular formula is C13H26N2O. The second kappa shape index (κ2) is 5.99. The Hall–Kier alpha value is -0.120. The minimum atomic E-state index is 0.185. The molecule has 0 bridgehead atoms. The van der Waals surface area contributed by atoms with Crippen LogP contribution in [-0.4, -0.2) is 44.3 Å². The molecule has 0 aromatic heterocycles. The molecule has 2 rings (SSSR count). The Morgan fingerprint density at radius 1 is 1.25 bits per heavy atom. The van der Waals surface area contributed by atoms with Gasteiger partial charge in [0.25, 0.3) is 0 Å². The van der Waals surface area contributed by atoms with Gasteiger partial charge in [0, 0.05) is 26.2 Å². The molecule has 3 atom stereocenters. The molecule has 2 fully saturated rings. The first-order valence-corrected chi connectivity index (χ1v) is 6.76. The third-order valence-corrected chi connectivity index (χ3v) is 4.25. The molecule has 3 nitrogen and oxygen atoms in total. The zero-order valence-electron chi connectivity index (χ0n) is 10.5. The summed E-state index contributed by atoms with van der Waals surface area (Å²) in [5, 5.41) is 0. The average Bonchev–Trinajstić information content (AvgIpc) is 2.29. The molecule has 2 aliphatic rings. The molecule has 0 radical (unpaired) electrons. The van der Waals surface area contributed by atoms with Crippen LogP contribution in [0.25, 0.3) is 0 Å². The van der Waals surface area contributed by atoms with E-state index in [1.807, 2.05) is 0 Å². The number of hydrogen-bond donors (Lipinski definition) is 1. The van der Waals surface area contributed by atoms with E-state index in [4.69, 9.17) is 10.5 Å². The monoisotopic (exact) mass is 226 g/mol. The molecule has 1 saturated heterocycles. The van der Waals surface area contributed by atoms with Gasteiger partial charge in [0.2, 0.25) is 0 Å². The van der Waals surface area contributed by atoms with Gasteiger partial charge in [0.15, 0.2) is 0 Å². The number of piperidine rings is 1. The van der Waals surface area contributed by atoms with Crippen LogP contribution >= 0.6 is 0 Å². The number of ether oxygens (including phenoxy) is 1. The summed E-state index contributed by atoms with van der Waals surface area (Å²) < 4.78 is 5.10. The smallest absolute Gasteiger partial charge is 0.0626 e. The van der Waals surface area contributed by atoms with Crippen LogP contribution < -0.4 is 5.73 Å². The Morgan fingerprint density at radius 2 is 2.00 bits per heavy atom. The summed E-state index contributed by atoms with van der Waals surface area (Å²) in [4.78, 5) is 2.55. The Labute approximate surface area is 99.3 Å². The average molecular weight is 226 g/mol. The molecule has 0 amide bonds. The fraction of sp³-hybridized carbons (Fsp3) is 1.00. The summed E-state index contributed by atoms with van der Waals surface area (Å²) in [6.45, 7) is 4.22. The summed E-state index contributed by atoms with van der Waals surface area (Å²) in [5.41, 5.74) is 6.02. The third-order valence-electron chi connectivity index (χ3n) is 4.25. The van der Waals surface area contributed by atoms with Crippen LogP contribution in [0.2, 0.25) is 0 Å². The van der Waals surface area contributed by atoms with Gasteiger partial charge in [0.1, 0.15) is 0 Å². The molecule has 2 N–H and O–H groups in total. The number of methoxy groups -OCH3 is 1. The van der Waals surface area contributed by atoms with Crippen molar-refractivity contribution in [2.45, 2.75) is 38.1 Å². The van der Waals surface area contributed by atoms with Crippen molar-refractivity contribution in [2.75, 3.05) is 33.4 Å². The summed E-state index contributed by atoms with van der Waals surface area (Å²) in [6, 6.07) is 0.185. The van der Waals surface area contributed by atoms with Crippen molar-refractivity contribution in [1.82, 2.24) is 4.90 Å². The minimum Gasteiger partial charge on any atom is -0.383 e. The Morgan fingerprint density at radius 3 is 2.75 bits per heavy atom. The van der Waals surface area contributed by atoms with Gasteiger partial charge in [-0.2, -0.15) is 0 Å². The van der Waals surface area contributed by atoms with Gasteiger partial charge in [-0.25, -0.2) is 0 Å². The third kappa shape index (κ3) is 3.19. The van der Waals surface area contributed by atoms with Crippen molar-refractivity contribution in [2.24, 2.45) is 17.6 Å². The topological polar surface area (TPSA) is 38.5 Å². The van der Waals surface area contributed by atoms with Gasteiger partial charge < -0.3 is 15.4 Å². The summed E-state index contributed by atoms with van der Waals surface area (Å²) in [5.74, 6) is 1.97. The van der Waals surface area contributed by atoms with E-state index < -0.39 is 0 Å². The van der Waals surface area contributed by atoms with Crippen LogP contribution in [0.3, 0.4) is 0 Å². The van der Waals surface area contributed by atoms with E-state index in [0.29, 0.717) is 6.61 Å². The second-order valence-corrected chi connectivity index (χ2v) is 5.57. The van der Waals surface area contributed by atoms with E-state index in [1.165, 1.54) is 45.2 Å². The van der Waals surface area contributed by atoms with Crippen molar-refractivity contribution in [3.63, 3.8) is 0 Å². The van der Waals surface area contributed by atoms with Crippen LogP contribution in [0.4, 0.5) is 0 Å². The van der Waals surface area contributed by atoms with Gasteiger partial charge in [0.05, 0.1) is 6.61 Å². The van der Waals surface area contributed by atoms with Crippen molar-refractivity contribution in [1.29, 1.82) is 0 Å². The summed E-state index contributed by atoms with van der Waals surface area (Å²) in [6.07, 6.45) is 7.22. The molecule has 3 heteroatoms. The predicted octanol–water partition coefficient (Wildman–Crippen LogP) is 1.47. The highest BCUT2D eigenvalue weighted by atomic mass is 16.5. The summed E-state index contributed by atoms with van der Waals surface area (Å²) in [7, 11) is 1.73. The minimum absolute atomic E-state index is 0.185. The normalized spacial score (nSPS) is 33.4. The lowest BCUT2D eigenvalue weighted by Crippen LogP contribution is -2.47. The molecule has 1 heterocycles. The van der Waals surface area contributed by atoms with E-state index in [2.05, 4.69) is 4.90 Å². The maximum Gasteiger partial charge on any atom is 0.0626 e. The number of nitrogens with zero attached hydrogens (tertiary/aromatic N) is 1. The SMILES string of the molecule is COCC(N)CN1CCC2CCCCC2C1. The van der Waals surface area contributed by atoms with Gasteiger partial charge in [-0.3, -0.25) is 0 Å². The van der Waals surface area contributed by atoms with Crippen LogP contribution in [0.1, 0.15) is 32.1 Å². The molecule has 0 aromatic rings. The van der Waals surface area contributed by atoms with Gasteiger partial charge in [-0.05, 0) is 31.2 Å². The van der Waals surface area contributed by atoms with Crippen LogP contribution in [0, 0.1) is 11.8 Å². The fourth-order valence-corrected chi connectivity index (χ4v) is 3.44. The molecule has 16 heavy (non-hydrogen) atoms. The number of likely N-dealkylation sites (tertiary alicyclic amines) is 1. The summed E-state index contributed by atoms with van der Waals surface area (Å²) >= 11 is 0. The molecule has 3 unspecified atom stereocenters. The Bertz CT molecular complexity index is 210. The van der Waals surface area contributed by atoms with Crippen molar-refractivity contribution in [3.8, 4) is 0 Å². The second-order valence-electron chi connectivity index (χ2n) is 5.57. The standard InChI is InChI=1S/C13H26N2O/c1-16-10-13(14)9-15-7-6-11-4-2-3-5-12(11)8-15/h11-13H,2-10,14H2,1H3. The number of hydrogen-bond acceptors (Lipinski definition) is 3.